The molecule has 1 atom stereocenters. The summed E-state index contributed by atoms with van der Waals surface area (Å²) < 4.78 is 0. The molecule has 0 aliphatic heterocycles. The Balaban J connectivity index is 2.31. The van der Waals surface area contributed by atoms with Gasteiger partial charge in [0.05, 0.1) is 8.07 Å². The minimum Gasteiger partial charge on any atom is -0.381 e. The predicted octanol–water partition coefficient (Wildman–Crippen LogP) is 4.23. The molecular formula is C18H26OSi. The van der Waals surface area contributed by atoms with Gasteiger partial charge in [-0.15, -0.1) is 0 Å². The zero-order valence-electron chi connectivity index (χ0n) is 12.9. The second-order valence-electron chi connectivity index (χ2n) is 6.97. The van der Waals surface area contributed by atoms with E-state index in [1.165, 1.54) is 19.3 Å². The van der Waals surface area contributed by atoms with E-state index in [9.17, 15) is 5.11 Å². The summed E-state index contributed by atoms with van der Waals surface area (Å²) in [6.45, 7) is 6.71. The van der Waals surface area contributed by atoms with Gasteiger partial charge >= 0.3 is 0 Å². The van der Waals surface area contributed by atoms with Gasteiger partial charge in [0.15, 0.2) is 0 Å². The molecule has 0 amide bonds. The standard InChI is InChI=1S/C18H26OSi/c1-20(2,3)18(19,17-12-8-5-9-13-17)15-14-16-10-6-4-7-11-16/h4,6-7,10-11,17,19H,5,8-9,12-13H2,1-3H3. The molecule has 2 rings (SSSR count). The van der Waals surface area contributed by atoms with Crippen LogP contribution >= 0.6 is 0 Å². The number of rotatable bonds is 2. The summed E-state index contributed by atoms with van der Waals surface area (Å²) in [6.07, 6.45) is 6.05. The summed E-state index contributed by atoms with van der Waals surface area (Å²) in [5.41, 5.74) is 1.000. The average molecular weight is 286 g/mol. The first-order valence-electron chi connectivity index (χ1n) is 7.74. The lowest BCUT2D eigenvalue weighted by Gasteiger charge is -2.42. The molecule has 1 aromatic carbocycles. The highest BCUT2D eigenvalue weighted by Gasteiger charge is 2.46. The monoisotopic (exact) mass is 286 g/mol. The van der Waals surface area contributed by atoms with Crippen LogP contribution in [0.5, 0.6) is 0 Å². The van der Waals surface area contributed by atoms with Gasteiger partial charge in [-0.2, -0.15) is 0 Å². The number of hydrogen-bond acceptors (Lipinski definition) is 1. The average Bonchev–Trinajstić information content (AvgIpc) is 2.45. The van der Waals surface area contributed by atoms with Crippen molar-refractivity contribution in [3.8, 4) is 11.8 Å². The van der Waals surface area contributed by atoms with Crippen molar-refractivity contribution in [3.05, 3.63) is 35.9 Å². The number of aliphatic hydroxyl groups is 1. The fraction of sp³-hybridized carbons (Fsp3) is 0.556. The molecule has 0 aromatic heterocycles. The van der Waals surface area contributed by atoms with Crippen LogP contribution in [0.3, 0.4) is 0 Å². The molecule has 0 bridgehead atoms. The quantitative estimate of drug-likeness (QED) is 0.637. The highest BCUT2D eigenvalue weighted by Crippen LogP contribution is 2.38. The summed E-state index contributed by atoms with van der Waals surface area (Å²) in [4.78, 5) is 0. The van der Waals surface area contributed by atoms with Gasteiger partial charge in [0.25, 0.3) is 0 Å². The Bertz CT molecular complexity index is 486. The Hall–Kier alpha value is -1.04. The maximum Gasteiger partial charge on any atom is 0.115 e. The normalized spacial score (nSPS) is 19.8. The summed E-state index contributed by atoms with van der Waals surface area (Å²) in [5, 5.41) is 10.6. The molecule has 1 saturated carbocycles. The van der Waals surface area contributed by atoms with Gasteiger partial charge in [-0.05, 0) is 30.9 Å². The molecule has 0 saturated heterocycles. The van der Waals surface area contributed by atoms with Crippen LogP contribution in [-0.2, 0) is 0 Å². The molecule has 1 nitrogen and oxygen atoms in total. The van der Waals surface area contributed by atoms with Gasteiger partial charge in [0.2, 0.25) is 0 Å². The van der Waals surface area contributed by atoms with E-state index in [4.69, 9.17) is 0 Å². The van der Waals surface area contributed by atoms with Gasteiger partial charge in [-0.1, -0.05) is 68.9 Å². The molecule has 1 aliphatic rings. The van der Waals surface area contributed by atoms with Gasteiger partial charge in [0, 0.05) is 5.56 Å². The third-order valence-electron chi connectivity index (χ3n) is 4.51. The van der Waals surface area contributed by atoms with Gasteiger partial charge < -0.3 is 5.11 Å². The lowest BCUT2D eigenvalue weighted by molar-refractivity contribution is 0.0833. The fourth-order valence-corrected chi connectivity index (χ4v) is 5.06. The molecule has 0 spiro atoms. The number of benzene rings is 1. The van der Waals surface area contributed by atoms with Crippen molar-refractivity contribution >= 4 is 8.07 Å². The van der Waals surface area contributed by atoms with Crippen molar-refractivity contribution in [3.63, 3.8) is 0 Å². The molecule has 1 aliphatic carbocycles. The van der Waals surface area contributed by atoms with Crippen LogP contribution in [0.1, 0.15) is 37.7 Å². The van der Waals surface area contributed by atoms with Crippen molar-refractivity contribution in [1.82, 2.24) is 0 Å². The molecule has 2 heteroatoms. The Morgan fingerprint density at radius 1 is 1.05 bits per heavy atom. The van der Waals surface area contributed by atoms with Crippen LogP contribution in [-0.4, -0.2) is 18.4 Å². The van der Waals surface area contributed by atoms with E-state index in [0.717, 1.165) is 18.4 Å². The molecule has 1 fully saturated rings. The number of hydrogen-bond donors (Lipinski definition) is 1. The first-order valence-corrected chi connectivity index (χ1v) is 11.2. The van der Waals surface area contributed by atoms with Gasteiger partial charge in [-0.25, -0.2) is 0 Å². The summed E-state index contributed by atoms with van der Waals surface area (Å²) in [7, 11) is -1.77. The summed E-state index contributed by atoms with van der Waals surface area (Å²) in [5.74, 6) is 6.87. The molecule has 108 valence electrons. The third-order valence-corrected chi connectivity index (χ3v) is 7.33. The Morgan fingerprint density at radius 3 is 2.20 bits per heavy atom. The van der Waals surface area contributed by atoms with Crippen LogP contribution in [0, 0.1) is 17.8 Å². The molecule has 1 aromatic rings. The van der Waals surface area contributed by atoms with Crippen molar-refractivity contribution in [2.45, 2.75) is 57.0 Å². The highest BCUT2D eigenvalue weighted by molar-refractivity contribution is 6.79. The maximum atomic E-state index is 11.3. The zero-order chi connectivity index (χ0) is 14.6. The Morgan fingerprint density at radius 2 is 1.65 bits per heavy atom. The van der Waals surface area contributed by atoms with E-state index >= 15 is 0 Å². The zero-order valence-corrected chi connectivity index (χ0v) is 13.9. The van der Waals surface area contributed by atoms with Crippen molar-refractivity contribution in [2.24, 2.45) is 5.92 Å². The fourth-order valence-electron chi connectivity index (χ4n) is 3.11. The first-order chi connectivity index (χ1) is 9.43. The Labute approximate surface area is 124 Å². The predicted molar refractivity (Wildman–Crippen MR) is 88.2 cm³/mol. The molecule has 1 N–H and O–H groups in total. The van der Waals surface area contributed by atoms with E-state index in [2.05, 4.69) is 31.5 Å². The molecule has 20 heavy (non-hydrogen) atoms. The van der Waals surface area contributed by atoms with Crippen LogP contribution in [0.2, 0.25) is 19.6 Å². The maximum absolute atomic E-state index is 11.3. The van der Waals surface area contributed by atoms with Crippen molar-refractivity contribution in [2.75, 3.05) is 0 Å². The van der Waals surface area contributed by atoms with Crippen LogP contribution in [0.15, 0.2) is 30.3 Å². The molecule has 0 radical (unpaired) electrons. The van der Waals surface area contributed by atoms with Crippen molar-refractivity contribution in [1.29, 1.82) is 0 Å². The summed E-state index contributed by atoms with van der Waals surface area (Å²) in [6, 6.07) is 10.0. The van der Waals surface area contributed by atoms with E-state index in [1.54, 1.807) is 0 Å². The minimum atomic E-state index is -1.77. The lowest BCUT2D eigenvalue weighted by Crippen LogP contribution is -2.56. The second kappa shape index (κ2) is 6.16. The van der Waals surface area contributed by atoms with E-state index in [-0.39, 0.29) is 0 Å². The topological polar surface area (TPSA) is 20.2 Å². The largest absolute Gasteiger partial charge is 0.381 e. The van der Waals surface area contributed by atoms with Gasteiger partial charge in [-0.3, -0.25) is 0 Å². The second-order valence-corrected chi connectivity index (χ2v) is 12.2. The van der Waals surface area contributed by atoms with E-state index in [1.807, 2.05) is 30.3 Å². The van der Waals surface area contributed by atoms with E-state index < -0.39 is 13.3 Å². The SMILES string of the molecule is C[Si](C)(C)C(O)(C#Cc1ccccc1)C1CCCCC1. The van der Waals surface area contributed by atoms with E-state index in [0.29, 0.717) is 5.92 Å². The minimum absolute atomic E-state index is 0.360. The molecule has 0 heterocycles. The van der Waals surface area contributed by atoms with Crippen LogP contribution < -0.4 is 0 Å². The first kappa shape index (κ1) is 15.3. The van der Waals surface area contributed by atoms with Crippen LogP contribution in [0.25, 0.3) is 0 Å². The van der Waals surface area contributed by atoms with Gasteiger partial charge in [0.1, 0.15) is 5.22 Å². The molecular weight excluding hydrogens is 260 g/mol. The lowest BCUT2D eigenvalue weighted by atomic mass is 9.85. The van der Waals surface area contributed by atoms with Crippen LogP contribution in [0.4, 0.5) is 0 Å². The Kier molecular flexibility index (Phi) is 4.73. The van der Waals surface area contributed by atoms with Crippen molar-refractivity contribution < 1.29 is 5.11 Å². The third kappa shape index (κ3) is 3.34. The summed E-state index contributed by atoms with van der Waals surface area (Å²) >= 11 is 0. The highest BCUT2D eigenvalue weighted by atomic mass is 28.3. The smallest absolute Gasteiger partial charge is 0.115 e. The molecule has 1 unspecified atom stereocenters.